The molecule has 1 aromatic heterocycles. The van der Waals surface area contributed by atoms with Crippen LogP contribution in [0.4, 0.5) is 4.39 Å². The molecule has 92 valence electrons. The van der Waals surface area contributed by atoms with Gasteiger partial charge in [0.25, 0.3) is 0 Å². The van der Waals surface area contributed by atoms with Crippen LogP contribution in [0.15, 0.2) is 33.7 Å². The molecule has 0 amide bonds. The topological polar surface area (TPSA) is 38.4 Å². The molecule has 0 fully saturated rings. The van der Waals surface area contributed by atoms with Crippen molar-refractivity contribution in [3.8, 4) is 0 Å². The molecule has 0 bridgehead atoms. The standard InChI is InChI=1S/C14H13FN2O/c1-3-12-10-5-4-9(7-13(10)18-17-12)11-6-8(2)16-14(11)15/h4-5,7H,3,6H2,1-2H3. The Morgan fingerprint density at radius 1 is 1.39 bits per heavy atom. The van der Waals surface area contributed by atoms with Gasteiger partial charge in [0, 0.05) is 23.1 Å². The molecule has 0 N–H and O–H groups in total. The summed E-state index contributed by atoms with van der Waals surface area (Å²) in [7, 11) is 0. The van der Waals surface area contributed by atoms with Crippen molar-refractivity contribution in [3.05, 3.63) is 35.4 Å². The number of allylic oxidation sites excluding steroid dienone is 1. The van der Waals surface area contributed by atoms with Gasteiger partial charge < -0.3 is 4.52 Å². The molecule has 0 aliphatic carbocycles. The normalized spacial score (nSPS) is 15.6. The van der Waals surface area contributed by atoms with Gasteiger partial charge in [-0.15, -0.1) is 0 Å². The second kappa shape index (κ2) is 4.05. The Labute approximate surface area is 104 Å². The summed E-state index contributed by atoms with van der Waals surface area (Å²) in [6.07, 6.45) is 1.39. The van der Waals surface area contributed by atoms with Crippen molar-refractivity contribution in [2.75, 3.05) is 0 Å². The van der Waals surface area contributed by atoms with E-state index in [9.17, 15) is 4.39 Å². The fourth-order valence-electron chi connectivity index (χ4n) is 2.26. The van der Waals surface area contributed by atoms with E-state index in [1.165, 1.54) is 0 Å². The number of hydrogen-bond acceptors (Lipinski definition) is 3. The van der Waals surface area contributed by atoms with Gasteiger partial charge in [0.1, 0.15) is 0 Å². The highest BCUT2D eigenvalue weighted by atomic mass is 19.1. The fraction of sp³-hybridized carbons (Fsp3) is 0.286. The van der Waals surface area contributed by atoms with Gasteiger partial charge in [0.2, 0.25) is 5.95 Å². The Hall–Kier alpha value is -1.97. The van der Waals surface area contributed by atoms with Crippen molar-refractivity contribution in [2.45, 2.75) is 26.7 Å². The minimum absolute atomic E-state index is 0.387. The molecule has 4 heteroatoms. The number of hydrogen-bond donors (Lipinski definition) is 0. The second-order valence-corrected chi connectivity index (χ2v) is 4.49. The van der Waals surface area contributed by atoms with Crippen molar-refractivity contribution in [3.63, 3.8) is 0 Å². The Bertz CT molecular complexity index is 682. The van der Waals surface area contributed by atoms with Crippen molar-refractivity contribution >= 4 is 22.3 Å². The van der Waals surface area contributed by atoms with E-state index in [0.29, 0.717) is 17.6 Å². The summed E-state index contributed by atoms with van der Waals surface area (Å²) in [5.74, 6) is -0.387. The number of benzene rings is 1. The van der Waals surface area contributed by atoms with Crippen LogP contribution in [0.1, 0.15) is 31.5 Å². The minimum Gasteiger partial charge on any atom is -0.356 e. The smallest absolute Gasteiger partial charge is 0.216 e. The Morgan fingerprint density at radius 3 is 2.89 bits per heavy atom. The van der Waals surface area contributed by atoms with E-state index in [0.717, 1.165) is 28.8 Å². The van der Waals surface area contributed by atoms with Crippen LogP contribution in [0.3, 0.4) is 0 Å². The summed E-state index contributed by atoms with van der Waals surface area (Å²) in [6.45, 7) is 3.86. The number of aromatic nitrogens is 1. The van der Waals surface area contributed by atoms with Crippen molar-refractivity contribution < 1.29 is 8.91 Å². The first kappa shape index (κ1) is 11.1. The van der Waals surface area contributed by atoms with E-state index in [4.69, 9.17) is 4.52 Å². The predicted octanol–water partition coefficient (Wildman–Crippen LogP) is 3.89. The summed E-state index contributed by atoms with van der Waals surface area (Å²) >= 11 is 0. The third kappa shape index (κ3) is 1.65. The van der Waals surface area contributed by atoms with Crippen LogP contribution in [0.25, 0.3) is 16.5 Å². The number of aliphatic imine (C=N–C) groups is 1. The van der Waals surface area contributed by atoms with Gasteiger partial charge in [-0.2, -0.15) is 4.39 Å². The SMILES string of the molecule is CCc1noc2cc(C3=C(F)N=C(C)C3)ccc12. The van der Waals surface area contributed by atoms with Gasteiger partial charge >= 0.3 is 0 Å². The van der Waals surface area contributed by atoms with Crippen LogP contribution in [0, 0.1) is 0 Å². The third-order valence-corrected chi connectivity index (χ3v) is 3.20. The van der Waals surface area contributed by atoms with Crippen molar-refractivity contribution in [1.82, 2.24) is 5.16 Å². The molecule has 3 nitrogen and oxygen atoms in total. The average molecular weight is 244 g/mol. The molecule has 18 heavy (non-hydrogen) atoms. The summed E-state index contributed by atoms with van der Waals surface area (Å²) < 4.78 is 18.9. The second-order valence-electron chi connectivity index (χ2n) is 4.49. The van der Waals surface area contributed by atoms with Gasteiger partial charge in [-0.1, -0.05) is 18.1 Å². The number of halogens is 1. The number of rotatable bonds is 2. The maximum atomic E-state index is 13.6. The van der Waals surface area contributed by atoms with Crippen LogP contribution in [0.2, 0.25) is 0 Å². The molecule has 0 unspecified atom stereocenters. The number of nitrogens with zero attached hydrogens (tertiary/aromatic N) is 2. The van der Waals surface area contributed by atoms with Gasteiger partial charge in [-0.05, 0) is 31.0 Å². The first-order chi connectivity index (χ1) is 8.69. The monoisotopic (exact) mass is 244 g/mol. The predicted molar refractivity (Wildman–Crippen MR) is 69.1 cm³/mol. The molecule has 1 aliphatic rings. The molecule has 1 aromatic carbocycles. The van der Waals surface area contributed by atoms with Gasteiger partial charge in [-0.3, -0.25) is 0 Å². The quantitative estimate of drug-likeness (QED) is 0.751. The van der Waals surface area contributed by atoms with E-state index in [1.54, 1.807) is 0 Å². The van der Waals surface area contributed by atoms with E-state index < -0.39 is 0 Å². The van der Waals surface area contributed by atoms with Crippen LogP contribution in [-0.4, -0.2) is 10.9 Å². The number of fused-ring (bicyclic) bond motifs is 1. The summed E-state index contributed by atoms with van der Waals surface area (Å²) in [5, 5.41) is 5.00. The van der Waals surface area contributed by atoms with Crippen LogP contribution < -0.4 is 0 Å². The summed E-state index contributed by atoms with van der Waals surface area (Å²) in [4.78, 5) is 3.83. The van der Waals surface area contributed by atoms with Gasteiger partial charge in [0.15, 0.2) is 5.58 Å². The number of aryl methyl sites for hydroxylation is 1. The molecule has 2 aromatic rings. The molecule has 0 saturated heterocycles. The third-order valence-electron chi connectivity index (χ3n) is 3.20. The van der Waals surface area contributed by atoms with E-state index >= 15 is 0 Å². The van der Waals surface area contributed by atoms with Crippen LogP contribution >= 0.6 is 0 Å². The lowest BCUT2D eigenvalue weighted by molar-refractivity contribution is 0.447. The van der Waals surface area contributed by atoms with Crippen LogP contribution in [0.5, 0.6) is 0 Å². The molecule has 0 saturated carbocycles. The van der Waals surface area contributed by atoms with Gasteiger partial charge in [0.05, 0.1) is 5.69 Å². The van der Waals surface area contributed by atoms with Crippen molar-refractivity contribution in [1.29, 1.82) is 0 Å². The lowest BCUT2D eigenvalue weighted by Gasteiger charge is -2.01. The lowest BCUT2D eigenvalue weighted by atomic mass is 10.0. The highest BCUT2D eigenvalue weighted by Gasteiger charge is 2.18. The minimum atomic E-state index is -0.387. The first-order valence-electron chi connectivity index (χ1n) is 6.00. The van der Waals surface area contributed by atoms with E-state index in [2.05, 4.69) is 10.1 Å². The zero-order valence-electron chi connectivity index (χ0n) is 10.3. The molecule has 0 spiro atoms. The summed E-state index contributed by atoms with van der Waals surface area (Å²) in [6, 6.07) is 5.68. The first-order valence-corrected chi connectivity index (χ1v) is 6.00. The van der Waals surface area contributed by atoms with Gasteiger partial charge in [-0.25, -0.2) is 4.99 Å². The lowest BCUT2D eigenvalue weighted by Crippen LogP contribution is -1.88. The zero-order valence-corrected chi connectivity index (χ0v) is 10.3. The highest BCUT2D eigenvalue weighted by molar-refractivity contribution is 5.98. The molecular weight excluding hydrogens is 231 g/mol. The van der Waals surface area contributed by atoms with Crippen molar-refractivity contribution in [2.24, 2.45) is 4.99 Å². The summed E-state index contributed by atoms with van der Waals surface area (Å²) in [5.41, 5.74) is 3.89. The Morgan fingerprint density at radius 2 is 2.22 bits per heavy atom. The Balaban J connectivity index is 2.08. The molecule has 1 aliphatic heterocycles. The average Bonchev–Trinajstić information content (AvgIpc) is 2.91. The Kier molecular flexibility index (Phi) is 2.51. The van der Waals surface area contributed by atoms with E-state index in [1.807, 2.05) is 32.0 Å². The molecule has 0 atom stereocenters. The molecule has 0 radical (unpaired) electrons. The van der Waals surface area contributed by atoms with E-state index in [-0.39, 0.29) is 5.95 Å². The maximum absolute atomic E-state index is 13.6. The zero-order chi connectivity index (χ0) is 12.7. The maximum Gasteiger partial charge on any atom is 0.216 e. The highest BCUT2D eigenvalue weighted by Crippen LogP contribution is 2.32. The molecular formula is C14H13FN2O. The largest absolute Gasteiger partial charge is 0.356 e. The fourth-order valence-corrected chi connectivity index (χ4v) is 2.26. The molecule has 2 heterocycles. The molecule has 3 rings (SSSR count). The van der Waals surface area contributed by atoms with Crippen LogP contribution in [-0.2, 0) is 6.42 Å².